The predicted molar refractivity (Wildman–Crippen MR) is 103 cm³/mol. The molecule has 0 aliphatic carbocycles. The van der Waals surface area contributed by atoms with E-state index >= 15 is 0 Å². The lowest BCUT2D eigenvalue weighted by Gasteiger charge is -2.20. The smallest absolute Gasteiger partial charge is 0.271 e. The number of H-pyrrole nitrogens is 1. The third kappa shape index (κ3) is 4.35. The number of allylic oxidation sites excluding steroid dienone is 3. The highest BCUT2D eigenvalue weighted by atomic mass is 35.5. The summed E-state index contributed by atoms with van der Waals surface area (Å²) < 4.78 is 29.5. The molecular weight excluding hydrogens is 402 g/mol. The van der Waals surface area contributed by atoms with Crippen molar-refractivity contribution in [2.24, 2.45) is 10.1 Å². The summed E-state index contributed by atoms with van der Waals surface area (Å²) in [4.78, 5) is 4.01. The molecule has 0 spiro atoms. The van der Waals surface area contributed by atoms with E-state index in [-0.39, 0.29) is 13.2 Å². The Balaban J connectivity index is 1.98. The fraction of sp³-hybridized carbons (Fsp3) is 0.222. The van der Waals surface area contributed by atoms with Gasteiger partial charge in [-0.3, -0.25) is 10.0 Å². The molecule has 0 saturated heterocycles. The molecule has 148 valence electrons. The molecule has 0 radical (unpaired) electrons. The lowest BCUT2D eigenvalue weighted by atomic mass is 10.1. The topological polar surface area (TPSA) is 106 Å². The molecule has 3 rings (SSSR count). The number of tetrazole rings is 1. The molecule has 1 aliphatic rings. The fourth-order valence-electron chi connectivity index (χ4n) is 2.52. The van der Waals surface area contributed by atoms with Crippen LogP contribution in [0.25, 0.3) is 0 Å². The first-order valence-electron chi connectivity index (χ1n) is 8.34. The normalized spacial score (nSPS) is 16.2. The van der Waals surface area contributed by atoms with Crippen LogP contribution in [0.15, 0.2) is 52.6 Å². The van der Waals surface area contributed by atoms with Crippen LogP contribution in [0.3, 0.4) is 0 Å². The average Bonchev–Trinajstić information content (AvgIpc) is 3.25. The second-order valence-electron chi connectivity index (χ2n) is 6.08. The molecule has 8 nitrogen and oxygen atoms in total. The number of aliphatic imine (C=N–C) groups is 1. The Bertz CT molecular complexity index is 1050. The Hall–Kier alpha value is -3.45. The number of aromatic nitrogens is 4. The van der Waals surface area contributed by atoms with Crippen LogP contribution in [0.4, 0.5) is 8.78 Å². The van der Waals surface area contributed by atoms with Gasteiger partial charge in [-0.05, 0) is 35.9 Å². The third-order valence-electron chi connectivity index (χ3n) is 4.13. The zero-order valence-corrected chi connectivity index (χ0v) is 16.0. The Labute approximate surface area is 169 Å². The van der Waals surface area contributed by atoms with Crippen molar-refractivity contribution in [2.45, 2.75) is 19.4 Å². The van der Waals surface area contributed by atoms with Crippen LogP contribution in [0, 0.1) is 11.3 Å². The number of benzene rings is 1. The number of hydrogen-bond acceptors (Lipinski definition) is 7. The lowest BCUT2D eigenvalue weighted by Crippen LogP contribution is -2.28. The Morgan fingerprint density at radius 1 is 1.38 bits per heavy atom. The number of halogens is 3. The molecule has 11 heteroatoms. The number of hydrogen-bond donors (Lipinski definition) is 1. The number of hydrazone groups is 1. The summed E-state index contributed by atoms with van der Waals surface area (Å²) in [6.07, 6.45) is 2.54. The summed E-state index contributed by atoms with van der Waals surface area (Å²) in [6, 6.07) is 6.98. The summed E-state index contributed by atoms with van der Waals surface area (Å²) in [5.74, 6) is -4.37. The molecule has 1 N–H and O–H groups in total. The van der Waals surface area contributed by atoms with Crippen molar-refractivity contribution >= 4 is 23.0 Å². The van der Waals surface area contributed by atoms with Crippen molar-refractivity contribution in [1.82, 2.24) is 25.6 Å². The van der Waals surface area contributed by atoms with Crippen molar-refractivity contribution in [3.8, 4) is 6.07 Å². The van der Waals surface area contributed by atoms with Gasteiger partial charge in [0.15, 0.2) is 0 Å². The lowest BCUT2D eigenvalue weighted by molar-refractivity contribution is 0.0659. The highest BCUT2D eigenvalue weighted by Crippen LogP contribution is 2.28. The van der Waals surface area contributed by atoms with E-state index in [2.05, 4.69) is 38.2 Å². The van der Waals surface area contributed by atoms with Crippen LogP contribution in [-0.2, 0) is 12.5 Å². The minimum atomic E-state index is -3.57. The summed E-state index contributed by atoms with van der Waals surface area (Å²) >= 11 is 6.23. The number of rotatable bonds is 4. The van der Waals surface area contributed by atoms with Crippen molar-refractivity contribution in [2.75, 3.05) is 6.67 Å². The molecule has 2 heterocycles. The van der Waals surface area contributed by atoms with Crippen LogP contribution in [0.2, 0.25) is 5.02 Å². The Morgan fingerprint density at radius 2 is 2.17 bits per heavy atom. The molecule has 1 aromatic heterocycles. The van der Waals surface area contributed by atoms with E-state index in [0.29, 0.717) is 27.4 Å². The van der Waals surface area contributed by atoms with Gasteiger partial charge in [0, 0.05) is 10.6 Å². The molecular formula is C18H15ClF2N8. The average molecular weight is 417 g/mol. The summed E-state index contributed by atoms with van der Waals surface area (Å²) in [6.45, 7) is 5.41. The molecule has 0 fully saturated rings. The quantitative estimate of drug-likeness (QED) is 0.823. The zero-order valence-electron chi connectivity index (χ0n) is 15.3. The molecule has 0 saturated carbocycles. The van der Waals surface area contributed by atoms with Crippen LogP contribution < -0.4 is 0 Å². The third-order valence-corrected chi connectivity index (χ3v) is 4.48. The zero-order chi connectivity index (χ0) is 21.0. The second-order valence-corrected chi connectivity index (χ2v) is 6.49. The number of nitrogens with zero attached hydrogens (tertiary/aromatic N) is 7. The molecule has 2 aromatic rings. The van der Waals surface area contributed by atoms with E-state index in [1.165, 1.54) is 11.1 Å². The number of nitrogens with one attached hydrogen (secondary N) is 1. The predicted octanol–water partition coefficient (Wildman–Crippen LogP) is 3.22. The van der Waals surface area contributed by atoms with Crippen LogP contribution in [-0.4, -0.2) is 43.7 Å². The van der Waals surface area contributed by atoms with E-state index in [1.807, 2.05) is 5.21 Å². The van der Waals surface area contributed by atoms with E-state index < -0.39 is 17.5 Å². The highest BCUT2D eigenvalue weighted by molar-refractivity contribution is 6.31. The monoisotopic (exact) mass is 416 g/mol. The number of nitriles is 1. The largest absolute Gasteiger partial charge is 0.351 e. The maximum atomic E-state index is 14.8. The SMILES string of the molecule is C=C1/C=C\C(C(F)(F)c2nn[nH]n2)=NCN(Cc2c(Cl)cccc2C#N)N=C1C. The second kappa shape index (κ2) is 8.28. The number of aromatic amines is 1. The van der Waals surface area contributed by atoms with Crippen molar-refractivity contribution in [1.29, 1.82) is 5.26 Å². The number of alkyl halides is 2. The van der Waals surface area contributed by atoms with Gasteiger partial charge in [-0.25, -0.2) is 0 Å². The van der Waals surface area contributed by atoms with Gasteiger partial charge in [0.25, 0.3) is 0 Å². The van der Waals surface area contributed by atoms with Crippen LogP contribution in [0.1, 0.15) is 23.9 Å². The minimum Gasteiger partial charge on any atom is -0.271 e. The van der Waals surface area contributed by atoms with Crippen LogP contribution in [0.5, 0.6) is 0 Å². The van der Waals surface area contributed by atoms with Gasteiger partial charge in [0.1, 0.15) is 12.4 Å². The molecule has 0 bridgehead atoms. The Morgan fingerprint density at radius 3 is 2.86 bits per heavy atom. The summed E-state index contributed by atoms with van der Waals surface area (Å²) in [5.41, 5.74) is 1.24. The first-order chi connectivity index (χ1) is 13.8. The van der Waals surface area contributed by atoms with E-state index in [1.54, 1.807) is 25.1 Å². The standard InChI is InChI=1S/C18H15ClF2N8/c1-11-6-7-16(18(20,21)17-24-27-28-25-17)23-10-29(26-12(11)2)9-14-13(8-22)4-3-5-15(14)19/h3-7H,1,9-10H2,2H3,(H,24,25,27,28)/b7-6-,23-16?,26-12?. The summed E-state index contributed by atoms with van der Waals surface area (Å²) in [5, 5.41) is 27.4. The highest BCUT2D eigenvalue weighted by Gasteiger charge is 2.41. The molecule has 0 unspecified atom stereocenters. The molecule has 0 amide bonds. The molecule has 1 aromatic carbocycles. The van der Waals surface area contributed by atoms with E-state index in [0.717, 1.165) is 6.08 Å². The minimum absolute atomic E-state index is 0.0950. The van der Waals surface area contributed by atoms with Gasteiger partial charge in [0.05, 0.1) is 23.9 Å². The van der Waals surface area contributed by atoms with Gasteiger partial charge in [-0.1, -0.05) is 30.3 Å². The van der Waals surface area contributed by atoms with Gasteiger partial charge in [0.2, 0.25) is 5.82 Å². The van der Waals surface area contributed by atoms with Gasteiger partial charge in [-0.15, -0.1) is 10.2 Å². The van der Waals surface area contributed by atoms with Crippen molar-refractivity contribution in [3.05, 3.63) is 64.5 Å². The maximum Gasteiger partial charge on any atom is 0.351 e. The Kier molecular flexibility index (Phi) is 5.79. The van der Waals surface area contributed by atoms with Crippen molar-refractivity contribution < 1.29 is 8.78 Å². The van der Waals surface area contributed by atoms with Gasteiger partial charge < -0.3 is 0 Å². The summed E-state index contributed by atoms with van der Waals surface area (Å²) in [7, 11) is 0. The van der Waals surface area contributed by atoms with E-state index in [9.17, 15) is 14.0 Å². The van der Waals surface area contributed by atoms with E-state index in [4.69, 9.17) is 11.6 Å². The first-order valence-corrected chi connectivity index (χ1v) is 8.72. The van der Waals surface area contributed by atoms with Crippen molar-refractivity contribution in [3.63, 3.8) is 0 Å². The van der Waals surface area contributed by atoms with Gasteiger partial charge in [-0.2, -0.15) is 24.4 Å². The molecule has 0 atom stereocenters. The van der Waals surface area contributed by atoms with Gasteiger partial charge >= 0.3 is 5.92 Å². The molecule has 1 aliphatic heterocycles. The first kappa shape index (κ1) is 20.3. The van der Waals surface area contributed by atoms with Crippen LogP contribution >= 0.6 is 11.6 Å². The molecule has 29 heavy (non-hydrogen) atoms. The maximum absolute atomic E-state index is 14.8. The fourth-order valence-corrected chi connectivity index (χ4v) is 2.76.